The summed E-state index contributed by atoms with van der Waals surface area (Å²) < 4.78 is 16.8. The van der Waals surface area contributed by atoms with Crippen LogP contribution >= 0.6 is 0 Å². The summed E-state index contributed by atoms with van der Waals surface area (Å²) in [5.41, 5.74) is 3.75. The van der Waals surface area contributed by atoms with Gasteiger partial charge >= 0.3 is 0 Å². The molecule has 0 aliphatic rings. The molecule has 3 nitrogen and oxygen atoms in total. The van der Waals surface area contributed by atoms with Crippen LogP contribution in [0.1, 0.15) is 37.5 Å². The summed E-state index contributed by atoms with van der Waals surface area (Å²) in [5, 5.41) is 0. The molecule has 0 aliphatic carbocycles. The van der Waals surface area contributed by atoms with E-state index in [1.807, 2.05) is 45.2 Å². The predicted octanol–water partition coefficient (Wildman–Crippen LogP) is 5.83. The Morgan fingerprint density at radius 3 is 1.61 bits per heavy atom. The van der Waals surface area contributed by atoms with Crippen LogP contribution in [0.3, 0.4) is 0 Å². The van der Waals surface area contributed by atoms with Gasteiger partial charge in [0, 0.05) is 19.3 Å². The topological polar surface area (TPSA) is 32.7 Å². The van der Waals surface area contributed by atoms with Crippen molar-refractivity contribution in [2.45, 2.75) is 51.1 Å². The summed E-state index contributed by atoms with van der Waals surface area (Å²) in [7, 11) is -1.28. The minimum absolute atomic E-state index is 0.0223. The third-order valence-electron chi connectivity index (χ3n) is 5.07. The maximum Gasteiger partial charge on any atom is 0.144 e. The maximum atomic E-state index is 12.7. The Morgan fingerprint density at radius 1 is 0.774 bits per heavy atom. The lowest BCUT2D eigenvalue weighted by Gasteiger charge is -2.30. The average molecular weight is 433 g/mol. The highest BCUT2D eigenvalue weighted by Gasteiger charge is 2.22. The molecule has 3 aromatic rings. The number of hydrogen-bond acceptors (Lipinski definition) is 2. The average Bonchev–Trinajstić information content (AvgIpc) is 2.77. The second kappa shape index (κ2) is 11.2. The van der Waals surface area contributed by atoms with E-state index in [1.165, 1.54) is 16.7 Å². The molecule has 0 N–H and O–H groups in total. The van der Waals surface area contributed by atoms with E-state index < -0.39 is 11.0 Å². The van der Waals surface area contributed by atoms with E-state index in [0.717, 1.165) is 19.5 Å². The maximum absolute atomic E-state index is 12.7. The SMILES string of the molecule is CC(C)(C)S(=O)/N=C/[C@@H](Cc1ccccc1)N(Cc1ccccc1)Cc1ccccc1. The molecule has 0 amide bonds. The lowest BCUT2D eigenvalue weighted by molar-refractivity contribution is 0.225. The number of hydrogen-bond donors (Lipinski definition) is 0. The quantitative estimate of drug-likeness (QED) is 0.398. The predicted molar refractivity (Wildman–Crippen MR) is 132 cm³/mol. The van der Waals surface area contributed by atoms with Gasteiger partial charge in [-0.25, -0.2) is 4.21 Å². The summed E-state index contributed by atoms with van der Waals surface area (Å²) in [6.45, 7) is 7.46. The Kier molecular flexibility index (Phi) is 8.33. The van der Waals surface area contributed by atoms with Crippen molar-refractivity contribution in [3.05, 3.63) is 108 Å². The van der Waals surface area contributed by atoms with Gasteiger partial charge in [0.05, 0.1) is 10.8 Å². The van der Waals surface area contributed by atoms with Gasteiger partial charge in [-0.1, -0.05) is 91.0 Å². The van der Waals surface area contributed by atoms with Crippen LogP contribution in [0.25, 0.3) is 0 Å². The first-order chi connectivity index (χ1) is 14.9. The molecular weight excluding hydrogens is 400 g/mol. The first-order valence-electron chi connectivity index (χ1n) is 10.7. The fraction of sp³-hybridized carbons (Fsp3) is 0.296. The molecule has 162 valence electrons. The third-order valence-corrected chi connectivity index (χ3v) is 6.43. The van der Waals surface area contributed by atoms with Crippen LogP contribution in [0.4, 0.5) is 0 Å². The van der Waals surface area contributed by atoms with E-state index in [9.17, 15) is 4.21 Å². The van der Waals surface area contributed by atoms with Crippen LogP contribution in [0.15, 0.2) is 95.4 Å². The molecule has 3 rings (SSSR count). The third kappa shape index (κ3) is 7.57. The van der Waals surface area contributed by atoms with Crippen molar-refractivity contribution in [3.63, 3.8) is 0 Å². The summed E-state index contributed by atoms with van der Waals surface area (Å²) in [4.78, 5) is 2.42. The van der Waals surface area contributed by atoms with Gasteiger partial charge in [0.2, 0.25) is 0 Å². The summed E-state index contributed by atoms with van der Waals surface area (Å²) >= 11 is 0. The van der Waals surface area contributed by atoms with Crippen molar-refractivity contribution in [1.82, 2.24) is 4.90 Å². The smallest absolute Gasteiger partial charge is 0.144 e. The first-order valence-corrected chi connectivity index (χ1v) is 11.8. The van der Waals surface area contributed by atoms with E-state index in [4.69, 9.17) is 0 Å². The zero-order valence-electron chi connectivity index (χ0n) is 18.6. The Balaban J connectivity index is 1.93. The van der Waals surface area contributed by atoms with Gasteiger partial charge in [0.15, 0.2) is 0 Å². The fourth-order valence-electron chi connectivity index (χ4n) is 3.34. The monoisotopic (exact) mass is 432 g/mol. The lowest BCUT2D eigenvalue weighted by Crippen LogP contribution is -2.37. The van der Waals surface area contributed by atoms with Crippen molar-refractivity contribution in [2.24, 2.45) is 4.40 Å². The summed E-state index contributed by atoms with van der Waals surface area (Å²) in [6.07, 6.45) is 2.71. The first kappa shape index (κ1) is 23.1. The molecule has 0 fully saturated rings. The normalized spacial score (nSPS) is 14.1. The van der Waals surface area contributed by atoms with Crippen molar-refractivity contribution in [3.8, 4) is 0 Å². The molecule has 3 aromatic carbocycles. The zero-order valence-corrected chi connectivity index (χ0v) is 19.5. The van der Waals surface area contributed by atoms with E-state index in [2.05, 4.69) is 82.1 Å². The summed E-state index contributed by atoms with van der Waals surface area (Å²) in [6, 6.07) is 31.5. The molecule has 0 bridgehead atoms. The van der Waals surface area contributed by atoms with Gasteiger partial charge in [-0.05, 0) is 43.9 Å². The van der Waals surface area contributed by atoms with Gasteiger partial charge in [-0.15, -0.1) is 0 Å². The molecule has 2 atom stereocenters. The molecule has 31 heavy (non-hydrogen) atoms. The Bertz CT molecular complexity index is 925. The molecule has 0 heterocycles. The number of rotatable bonds is 9. The Labute approximate surface area is 189 Å². The molecule has 0 saturated carbocycles. The highest BCUT2D eigenvalue weighted by molar-refractivity contribution is 7.85. The molecule has 0 aromatic heterocycles. The largest absolute Gasteiger partial charge is 0.287 e. The van der Waals surface area contributed by atoms with Crippen LogP contribution in [0, 0.1) is 0 Å². The highest BCUT2D eigenvalue weighted by atomic mass is 32.2. The molecule has 1 unspecified atom stereocenters. The molecule has 4 heteroatoms. The van der Waals surface area contributed by atoms with Crippen LogP contribution in [-0.4, -0.2) is 26.1 Å². The minimum atomic E-state index is -1.28. The van der Waals surface area contributed by atoms with E-state index >= 15 is 0 Å². The molecule has 0 radical (unpaired) electrons. The van der Waals surface area contributed by atoms with Crippen molar-refractivity contribution < 1.29 is 4.21 Å². The Hall–Kier alpha value is -2.56. The van der Waals surface area contributed by atoms with Crippen LogP contribution in [-0.2, 0) is 30.5 Å². The summed E-state index contributed by atoms with van der Waals surface area (Å²) in [5.74, 6) is 0. The number of benzene rings is 3. The molecule has 0 aliphatic heterocycles. The van der Waals surface area contributed by atoms with Crippen LogP contribution in [0.5, 0.6) is 0 Å². The van der Waals surface area contributed by atoms with Crippen molar-refractivity contribution >= 4 is 17.2 Å². The molecule has 0 spiro atoms. The van der Waals surface area contributed by atoms with Crippen LogP contribution in [0.2, 0.25) is 0 Å². The van der Waals surface area contributed by atoms with Gasteiger partial charge in [-0.2, -0.15) is 4.40 Å². The highest BCUT2D eigenvalue weighted by Crippen LogP contribution is 2.18. The van der Waals surface area contributed by atoms with Crippen molar-refractivity contribution in [2.75, 3.05) is 0 Å². The number of nitrogens with zero attached hydrogens (tertiary/aromatic N) is 2. The van der Waals surface area contributed by atoms with E-state index in [1.54, 1.807) is 0 Å². The second-order valence-electron chi connectivity index (χ2n) is 8.75. The van der Waals surface area contributed by atoms with E-state index in [-0.39, 0.29) is 10.8 Å². The second-order valence-corrected chi connectivity index (χ2v) is 10.7. The van der Waals surface area contributed by atoms with Gasteiger partial charge < -0.3 is 0 Å². The lowest BCUT2D eigenvalue weighted by atomic mass is 10.0. The van der Waals surface area contributed by atoms with Gasteiger partial charge in [-0.3, -0.25) is 4.90 Å². The molecular formula is C27H32N2OS. The van der Waals surface area contributed by atoms with Crippen molar-refractivity contribution in [1.29, 1.82) is 0 Å². The van der Waals surface area contributed by atoms with Gasteiger partial charge in [0.1, 0.15) is 11.0 Å². The minimum Gasteiger partial charge on any atom is -0.287 e. The zero-order chi connectivity index (χ0) is 22.1. The van der Waals surface area contributed by atoms with Crippen LogP contribution < -0.4 is 0 Å². The van der Waals surface area contributed by atoms with E-state index in [0.29, 0.717) is 0 Å². The molecule has 0 saturated heterocycles. The standard InChI is InChI=1S/C27H32N2OS/c1-27(2,3)31(30)28-20-26(19-23-13-7-4-8-14-23)29(21-24-15-9-5-10-16-24)22-25-17-11-6-12-18-25/h4-18,20,26H,19,21-22H2,1-3H3/b28-20+/t26-,31?/m1/s1. The van der Waals surface area contributed by atoms with Gasteiger partial charge in [0.25, 0.3) is 0 Å². The fourth-order valence-corrected chi connectivity index (χ4v) is 3.91. The Morgan fingerprint density at radius 2 is 1.19 bits per heavy atom.